The molecule has 0 radical (unpaired) electrons. The monoisotopic (exact) mass is 371 g/mol. The summed E-state index contributed by atoms with van der Waals surface area (Å²) in [5.41, 5.74) is 0.747. The highest BCUT2D eigenvalue weighted by Crippen LogP contribution is 2.30. The van der Waals surface area contributed by atoms with Gasteiger partial charge in [-0.05, 0) is 44.5 Å². The number of aryl methyl sites for hydroxylation is 1. The number of nitro groups is 1. The van der Waals surface area contributed by atoms with Gasteiger partial charge >= 0.3 is 0 Å². The van der Waals surface area contributed by atoms with Gasteiger partial charge in [0.2, 0.25) is 5.78 Å². The van der Waals surface area contributed by atoms with E-state index in [0.717, 1.165) is 32.5 Å². The maximum absolute atomic E-state index is 12.6. The molecule has 1 atom stereocenters. The predicted octanol–water partition coefficient (Wildman–Crippen LogP) is 2.34. The zero-order chi connectivity index (χ0) is 19.6. The smallest absolute Gasteiger partial charge is 0.293 e. The van der Waals surface area contributed by atoms with Crippen molar-refractivity contribution in [2.45, 2.75) is 12.8 Å². The van der Waals surface area contributed by atoms with Crippen molar-refractivity contribution in [2.24, 2.45) is 13.0 Å². The topological polar surface area (TPSA) is 84.5 Å². The molecule has 144 valence electrons. The Kier molecular flexibility index (Phi) is 5.55. The lowest BCUT2D eigenvalue weighted by molar-refractivity contribution is -0.384. The minimum atomic E-state index is -0.423. The molecule has 1 saturated heterocycles. The number of rotatable bonds is 6. The molecule has 0 saturated carbocycles. The number of nitrogens with zero attached hydrogens (tertiary/aromatic N) is 5. The summed E-state index contributed by atoms with van der Waals surface area (Å²) >= 11 is 0. The molecule has 3 rings (SSSR count). The lowest BCUT2D eigenvalue weighted by Gasteiger charge is -2.33. The van der Waals surface area contributed by atoms with Crippen LogP contribution in [-0.4, -0.2) is 58.9 Å². The van der Waals surface area contributed by atoms with Gasteiger partial charge in [-0.1, -0.05) is 0 Å². The number of nitro benzene ring substituents is 1. The van der Waals surface area contributed by atoms with Crippen molar-refractivity contribution >= 4 is 17.2 Å². The van der Waals surface area contributed by atoms with E-state index in [2.05, 4.69) is 16.9 Å². The van der Waals surface area contributed by atoms with Crippen molar-refractivity contribution in [3.63, 3.8) is 0 Å². The van der Waals surface area contributed by atoms with Gasteiger partial charge in [-0.2, -0.15) is 0 Å². The third-order valence-electron chi connectivity index (χ3n) is 5.12. The molecule has 27 heavy (non-hydrogen) atoms. The van der Waals surface area contributed by atoms with Crippen molar-refractivity contribution in [3.8, 4) is 0 Å². The molecule has 2 aromatic rings. The number of hydrogen-bond acceptors (Lipinski definition) is 6. The minimum absolute atomic E-state index is 0.0540. The summed E-state index contributed by atoms with van der Waals surface area (Å²) in [6.45, 7) is 2.84. The molecule has 1 aliphatic heterocycles. The first-order valence-corrected chi connectivity index (χ1v) is 9.07. The number of benzene rings is 1. The first-order valence-electron chi connectivity index (χ1n) is 9.07. The van der Waals surface area contributed by atoms with Crippen molar-refractivity contribution in [3.05, 3.63) is 52.1 Å². The van der Waals surface area contributed by atoms with E-state index >= 15 is 0 Å². The van der Waals surface area contributed by atoms with E-state index in [1.165, 1.54) is 12.3 Å². The zero-order valence-electron chi connectivity index (χ0n) is 16.0. The lowest BCUT2D eigenvalue weighted by atomic mass is 9.97. The molecule has 1 unspecified atom stereocenters. The largest absolute Gasteiger partial charge is 0.369 e. The fourth-order valence-electron chi connectivity index (χ4n) is 3.76. The number of piperidine rings is 1. The fourth-order valence-corrected chi connectivity index (χ4v) is 3.76. The molecule has 8 heteroatoms. The normalized spacial score (nSPS) is 17.7. The van der Waals surface area contributed by atoms with Gasteiger partial charge in [0.25, 0.3) is 5.69 Å². The van der Waals surface area contributed by atoms with Gasteiger partial charge in [0.1, 0.15) is 5.69 Å². The Hall–Kier alpha value is -2.74. The molecule has 1 aromatic heterocycles. The summed E-state index contributed by atoms with van der Waals surface area (Å²) in [4.78, 5) is 32.1. The van der Waals surface area contributed by atoms with Crippen LogP contribution in [0.15, 0.2) is 30.6 Å². The number of anilines is 1. The minimum Gasteiger partial charge on any atom is -0.369 e. The van der Waals surface area contributed by atoms with Crippen LogP contribution in [0.3, 0.4) is 0 Å². The lowest BCUT2D eigenvalue weighted by Crippen LogP contribution is -2.38. The molecule has 0 amide bonds. The van der Waals surface area contributed by atoms with Crippen LogP contribution in [0.1, 0.15) is 29.0 Å². The first kappa shape index (κ1) is 19.0. The van der Waals surface area contributed by atoms with Crippen molar-refractivity contribution in [1.29, 1.82) is 0 Å². The number of imidazole rings is 1. The summed E-state index contributed by atoms with van der Waals surface area (Å²) in [6.07, 6.45) is 5.47. The predicted molar refractivity (Wildman–Crippen MR) is 103 cm³/mol. The van der Waals surface area contributed by atoms with Crippen LogP contribution in [0.2, 0.25) is 0 Å². The molecule has 0 N–H and O–H groups in total. The van der Waals surface area contributed by atoms with E-state index in [-0.39, 0.29) is 22.9 Å². The Morgan fingerprint density at radius 2 is 2.19 bits per heavy atom. The Bertz CT molecular complexity index is 848. The van der Waals surface area contributed by atoms with Gasteiger partial charge in [-0.3, -0.25) is 14.9 Å². The molecule has 2 heterocycles. The van der Waals surface area contributed by atoms with Crippen LogP contribution in [0.4, 0.5) is 11.4 Å². The molecule has 1 fully saturated rings. The fraction of sp³-hybridized carbons (Fsp3) is 0.474. The van der Waals surface area contributed by atoms with E-state index in [1.54, 1.807) is 29.9 Å². The number of aromatic nitrogens is 2. The molecule has 0 spiro atoms. The van der Waals surface area contributed by atoms with E-state index in [0.29, 0.717) is 11.6 Å². The first-order chi connectivity index (χ1) is 12.9. The van der Waals surface area contributed by atoms with Gasteiger partial charge in [0.05, 0.1) is 4.92 Å². The zero-order valence-corrected chi connectivity index (χ0v) is 16.0. The van der Waals surface area contributed by atoms with Crippen molar-refractivity contribution < 1.29 is 9.72 Å². The molecule has 1 aromatic carbocycles. The van der Waals surface area contributed by atoms with E-state index in [9.17, 15) is 14.9 Å². The van der Waals surface area contributed by atoms with Crippen LogP contribution in [-0.2, 0) is 7.05 Å². The highest BCUT2D eigenvalue weighted by atomic mass is 16.6. The molecule has 0 aliphatic carbocycles. The van der Waals surface area contributed by atoms with Gasteiger partial charge in [-0.15, -0.1) is 0 Å². The van der Waals surface area contributed by atoms with Crippen LogP contribution < -0.4 is 4.90 Å². The summed E-state index contributed by atoms with van der Waals surface area (Å²) in [7, 11) is 5.70. The number of carbonyl (C=O) groups is 1. The molecule has 0 bridgehead atoms. The van der Waals surface area contributed by atoms with Crippen molar-refractivity contribution in [2.75, 3.05) is 38.6 Å². The Balaban J connectivity index is 1.84. The molecule has 8 nitrogen and oxygen atoms in total. The van der Waals surface area contributed by atoms with E-state index in [1.807, 2.05) is 11.9 Å². The second kappa shape index (κ2) is 7.87. The summed E-state index contributed by atoms with van der Waals surface area (Å²) < 4.78 is 1.60. The standard InChI is InChI=1S/C19H25N5O3/c1-21-9-4-5-14(12-21)13-23(3)16-7-6-15(11-17(16)24(26)27)18(25)19-20-8-10-22(19)2/h6-8,10-11,14H,4-5,9,12-13H2,1-3H3. The maximum atomic E-state index is 12.6. The van der Waals surface area contributed by atoms with Crippen LogP contribution in [0.25, 0.3) is 0 Å². The molecular weight excluding hydrogens is 346 g/mol. The SMILES string of the molecule is CN1CCCC(CN(C)c2ccc(C(=O)c3nccn3C)cc2[N+](=O)[O-])C1. The van der Waals surface area contributed by atoms with Gasteiger partial charge < -0.3 is 14.4 Å². The quantitative estimate of drug-likeness (QED) is 0.440. The summed E-state index contributed by atoms with van der Waals surface area (Å²) in [5.74, 6) is 0.409. The highest BCUT2D eigenvalue weighted by molar-refractivity contribution is 6.07. The average molecular weight is 371 g/mol. The molecular formula is C19H25N5O3. The number of ketones is 1. The third kappa shape index (κ3) is 4.16. The maximum Gasteiger partial charge on any atom is 0.293 e. The number of likely N-dealkylation sites (tertiary alicyclic amines) is 1. The van der Waals surface area contributed by atoms with Crippen LogP contribution in [0.5, 0.6) is 0 Å². The van der Waals surface area contributed by atoms with Crippen molar-refractivity contribution in [1.82, 2.24) is 14.5 Å². The number of carbonyl (C=O) groups excluding carboxylic acids is 1. The Morgan fingerprint density at radius 3 is 2.81 bits per heavy atom. The van der Waals surface area contributed by atoms with Crippen LogP contribution in [0, 0.1) is 16.0 Å². The van der Waals surface area contributed by atoms with E-state index in [4.69, 9.17) is 0 Å². The molecule has 1 aliphatic rings. The highest BCUT2D eigenvalue weighted by Gasteiger charge is 2.25. The van der Waals surface area contributed by atoms with Crippen LogP contribution >= 0.6 is 0 Å². The van der Waals surface area contributed by atoms with Gasteiger partial charge in [0.15, 0.2) is 5.82 Å². The summed E-state index contributed by atoms with van der Waals surface area (Å²) in [6, 6.07) is 4.67. The third-order valence-corrected chi connectivity index (χ3v) is 5.12. The van der Waals surface area contributed by atoms with Gasteiger partial charge in [0, 0.05) is 51.2 Å². The summed E-state index contributed by atoms with van der Waals surface area (Å²) in [5, 5.41) is 11.6. The van der Waals surface area contributed by atoms with E-state index < -0.39 is 4.92 Å². The van der Waals surface area contributed by atoms with Gasteiger partial charge in [-0.25, -0.2) is 4.98 Å². The average Bonchev–Trinajstić information content (AvgIpc) is 3.06. The second-order valence-corrected chi connectivity index (χ2v) is 7.30. The Morgan fingerprint density at radius 1 is 1.41 bits per heavy atom. The second-order valence-electron chi connectivity index (χ2n) is 7.30. The number of hydrogen-bond donors (Lipinski definition) is 0. The Labute approximate surface area is 158 Å².